The van der Waals surface area contributed by atoms with E-state index in [0.717, 1.165) is 6.42 Å². The zero-order valence-electron chi connectivity index (χ0n) is 9.56. The molecule has 0 bridgehead atoms. The van der Waals surface area contributed by atoms with Crippen molar-refractivity contribution in [2.75, 3.05) is 19.5 Å². The number of hydrogen-bond acceptors (Lipinski definition) is 4. The molecule has 4 heteroatoms. The number of benzene rings is 1. The molecule has 4 nitrogen and oxygen atoms in total. The first-order valence-electron chi connectivity index (χ1n) is 5.12. The van der Waals surface area contributed by atoms with Crippen molar-refractivity contribution in [3.05, 3.63) is 23.8 Å². The van der Waals surface area contributed by atoms with Crippen LogP contribution < -0.4 is 10.5 Å². The van der Waals surface area contributed by atoms with Gasteiger partial charge in [0.05, 0.1) is 23.4 Å². The molecule has 0 aliphatic rings. The van der Waals surface area contributed by atoms with Crippen LogP contribution in [0.3, 0.4) is 0 Å². The summed E-state index contributed by atoms with van der Waals surface area (Å²) in [5.74, 6) is 0.614. The second-order valence-corrected chi connectivity index (χ2v) is 3.57. The Balaban J connectivity index is 2.64. The number of rotatable bonds is 5. The second-order valence-electron chi connectivity index (χ2n) is 3.57. The van der Waals surface area contributed by atoms with E-state index in [1.165, 1.54) is 0 Å². The van der Waals surface area contributed by atoms with E-state index in [1.54, 1.807) is 25.3 Å². The summed E-state index contributed by atoms with van der Waals surface area (Å²) in [5.41, 5.74) is 6.79. The van der Waals surface area contributed by atoms with E-state index in [0.29, 0.717) is 23.6 Å². The van der Waals surface area contributed by atoms with Gasteiger partial charge in [0.25, 0.3) is 0 Å². The highest BCUT2D eigenvalue weighted by Gasteiger charge is 2.07. The topological polar surface area (TPSA) is 68.3 Å². The maximum Gasteiger partial charge on any atom is 0.142 e. The molecule has 16 heavy (non-hydrogen) atoms. The van der Waals surface area contributed by atoms with Crippen LogP contribution in [0.1, 0.15) is 18.9 Å². The molecule has 0 heterocycles. The Hall–Kier alpha value is -1.73. The van der Waals surface area contributed by atoms with Crippen molar-refractivity contribution in [2.45, 2.75) is 19.4 Å². The van der Waals surface area contributed by atoms with Crippen molar-refractivity contribution in [3.63, 3.8) is 0 Å². The summed E-state index contributed by atoms with van der Waals surface area (Å²) in [7, 11) is 1.66. The van der Waals surface area contributed by atoms with Gasteiger partial charge in [0.15, 0.2) is 0 Å². The molecule has 0 aromatic heterocycles. The van der Waals surface area contributed by atoms with Gasteiger partial charge in [-0.2, -0.15) is 5.26 Å². The summed E-state index contributed by atoms with van der Waals surface area (Å²) in [6.07, 6.45) is 0.839. The molecule has 2 N–H and O–H groups in total. The number of nitriles is 1. The SMILES string of the molecule is COCCC(C)Oc1ccc(C#N)cc1N. The minimum Gasteiger partial charge on any atom is -0.488 e. The van der Waals surface area contributed by atoms with Gasteiger partial charge in [0.1, 0.15) is 5.75 Å². The normalized spacial score (nSPS) is 11.8. The van der Waals surface area contributed by atoms with Crippen LogP contribution in [0, 0.1) is 11.3 Å². The monoisotopic (exact) mass is 220 g/mol. The quantitative estimate of drug-likeness (QED) is 0.770. The molecule has 0 spiro atoms. The molecule has 1 rings (SSSR count). The number of hydrogen-bond donors (Lipinski definition) is 1. The third-order valence-electron chi connectivity index (χ3n) is 2.20. The standard InChI is InChI=1S/C12H16N2O2/c1-9(5-6-15-2)16-12-4-3-10(8-13)7-11(12)14/h3-4,7,9H,5-6,14H2,1-2H3. The van der Waals surface area contributed by atoms with Gasteiger partial charge < -0.3 is 15.2 Å². The van der Waals surface area contributed by atoms with Crippen molar-refractivity contribution in [2.24, 2.45) is 0 Å². The van der Waals surface area contributed by atoms with Crippen LogP contribution in [0.15, 0.2) is 18.2 Å². The first kappa shape index (κ1) is 12.3. The van der Waals surface area contributed by atoms with Gasteiger partial charge in [-0.3, -0.25) is 0 Å². The lowest BCUT2D eigenvalue weighted by Crippen LogP contribution is -2.15. The summed E-state index contributed by atoms with van der Waals surface area (Å²) in [4.78, 5) is 0. The van der Waals surface area contributed by atoms with Crippen molar-refractivity contribution in [3.8, 4) is 11.8 Å². The molecule has 0 radical (unpaired) electrons. The molecule has 0 amide bonds. The average Bonchev–Trinajstić information content (AvgIpc) is 2.29. The molecular formula is C12H16N2O2. The lowest BCUT2D eigenvalue weighted by atomic mass is 10.2. The van der Waals surface area contributed by atoms with Crippen LogP contribution in [-0.2, 0) is 4.74 Å². The van der Waals surface area contributed by atoms with Gasteiger partial charge >= 0.3 is 0 Å². The number of ether oxygens (including phenoxy) is 2. The molecule has 0 fully saturated rings. The largest absolute Gasteiger partial charge is 0.488 e. The fraction of sp³-hybridized carbons (Fsp3) is 0.417. The van der Waals surface area contributed by atoms with Gasteiger partial charge in [-0.1, -0.05) is 0 Å². The Morgan fingerprint density at radius 1 is 1.50 bits per heavy atom. The minimum atomic E-state index is 0.0372. The number of anilines is 1. The van der Waals surface area contributed by atoms with Gasteiger partial charge in [-0.15, -0.1) is 0 Å². The van der Waals surface area contributed by atoms with Gasteiger partial charge in [0, 0.05) is 20.1 Å². The summed E-state index contributed by atoms with van der Waals surface area (Å²) >= 11 is 0. The summed E-state index contributed by atoms with van der Waals surface area (Å²) in [6.45, 7) is 2.61. The highest BCUT2D eigenvalue weighted by molar-refractivity contribution is 5.56. The van der Waals surface area contributed by atoms with E-state index < -0.39 is 0 Å². The van der Waals surface area contributed by atoms with E-state index in [4.69, 9.17) is 20.5 Å². The van der Waals surface area contributed by atoms with E-state index >= 15 is 0 Å². The molecule has 1 unspecified atom stereocenters. The number of nitrogens with two attached hydrogens (primary N) is 1. The predicted molar refractivity (Wildman–Crippen MR) is 62.2 cm³/mol. The molecule has 1 atom stereocenters. The summed E-state index contributed by atoms with van der Waals surface area (Å²) in [5, 5.41) is 8.69. The smallest absolute Gasteiger partial charge is 0.142 e. The first-order valence-corrected chi connectivity index (χ1v) is 5.12. The molecule has 0 aliphatic carbocycles. The predicted octanol–water partition coefficient (Wildman–Crippen LogP) is 1.94. The molecule has 86 valence electrons. The molecule has 1 aromatic carbocycles. The third kappa shape index (κ3) is 3.44. The van der Waals surface area contributed by atoms with E-state index in [-0.39, 0.29) is 6.10 Å². The second kappa shape index (κ2) is 5.99. The van der Waals surface area contributed by atoms with Crippen LogP contribution in [0.5, 0.6) is 5.75 Å². The Kier molecular flexibility index (Phi) is 4.62. The van der Waals surface area contributed by atoms with Crippen molar-refractivity contribution >= 4 is 5.69 Å². The van der Waals surface area contributed by atoms with Gasteiger partial charge in [-0.25, -0.2) is 0 Å². The highest BCUT2D eigenvalue weighted by atomic mass is 16.5. The van der Waals surface area contributed by atoms with Gasteiger partial charge in [-0.05, 0) is 25.1 Å². The molecule has 0 saturated carbocycles. The number of nitrogen functional groups attached to an aromatic ring is 1. The van der Waals surface area contributed by atoms with Crippen LogP contribution in [0.25, 0.3) is 0 Å². The Bertz CT molecular complexity index is 385. The lowest BCUT2D eigenvalue weighted by molar-refractivity contribution is 0.135. The van der Waals surface area contributed by atoms with Crippen molar-refractivity contribution in [1.82, 2.24) is 0 Å². The van der Waals surface area contributed by atoms with E-state index in [2.05, 4.69) is 0 Å². The number of methoxy groups -OCH3 is 1. The Labute approximate surface area is 95.6 Å². The van der Waals surface area contributed by atoms with Crippen LogP contribution in [-0.4, -0.2) is 19.8 Å². The fourth-order valence-electron chi connectivity index (χ4n) is 1.28. The molecule has 1 aromatic rings. The lowest BCUT2D eigenvalue weighted by Gasteiger charge is -2.15. The third-order valence-corrected chi connectivity index (χ3v) is 2.20. The van der Waals surface area contributed by atoms with Crippen LogP contribution in [0.2, 0.25) is 0 Å². The Morgan fingerprint density at radius 3 is 2.81 bits per heavy atom. The fourth-order valence-corrected chi connectivity index (χ4v) is 1.28. The first-order chi connectivity index (χ1) is 7.67. The number of nitrogens with zero attached hydrogens (tertiary/aromatic N) is 1. The highest BCUT2D eigenvalue weighted by Crippen LogP contribution is 2.23. The Morgan fingerprint density at radius 2 is 2.25 bits per heavy atom. The van der Waals surface area contributed by atoms with Crippen molar-refractivity contribution < 1.29 is 9.47 Å². The summed E-state index contributed by atoms with van der Waals surface area (Å²) < 4.78 is 10.6. The van der Waals surface area contributed by atoms with Crippen LogP contribution in [0.4, 0.5) is 5.69 Å². The van der Waals surface area contributed by atoms with Crippen molar-refractivity contribution in [1.29, 1.82) is 5.26 Å². The minimum absolute atomic E-state index is 0.0372. The zero-order chi connectivity index (χ0) is 12.0. The van der Waals surface area contributed by atoms with E-state index in [9.17, 15) is 0 Å². The van der Waals surface area contributed by atoms with Gasteiger partial charge in [0.2, 0.25) is 0 Å². The molecule has 0 aliphatic heterocycles. The van der Waals surface area contributed by atoms with E-state index in [1.807, 2.05) is 13.0 Å². The maximum absolute atomic E-state index is 8.69. The van der Waals surface area contributed by atoms with Crippen LogP contribution >= 0.6 is 0 Å². The molecule has 0 saturated heterocycles. The molecular weight excluding hydrogens is 204 g/mol. The average molecular weight is 220 g/mol. The maximum atomic E-state index is 8.69. The zero-order valence-corrected chi connectivity index (χ0v) is 9.56. The summed E-state index contributed by atoms with van der Waals surface area (Å²) in [6, 6.07) is 7.05.